The molecule has 1 heterocycles. The van der Waals surface area contributed by atoms with Gasteiger partial charge in [0.05, 0.1) is 13.2 Å². The number of hydrogen-bond donors (Lipinski definition) is 1. The molecule has 2 rings (SSSR count). The Hall–Kier alpha value is -0.910. The van der Waals surface area contributed by atoms with Crippen LogP contribution >= 0.6 is 15.9 Å². The van der Waals surface area contributed by atoms with Crippen LogP contribution in [0.15, 0.2) is 22.7 Å². The van der Waals surface area contributed by atoms with Gasteiger partial charge in [-0.25, -0.2) is 0 Å². The zero-order chi connectivity index (χ0) is 15.5. The summed E-state index contributed by atoms with van der Waals surface area (Å²) in [5.41, 5.74) is 1.63. The standard InChI is InChI=1S/C16H23BrN2O2/c1-12-13(5-4-6-14(12)17)15(20)18-11-16(2,3)19-7-9-21-10-8-19/h4-6H,7-11H2,1-3H3,(H,18,20). The lowest BCUT2D eigenvalue weighted by atomic mass is 10.0. The van der Waals surface area contributed by atoms with Crippen molar-refractivity contribution >= 4 is 21.8 Å². The van der Waals surface area contributed by atoms with E-state index in [4.69, 9.17) is 4.74 Å². The smallest absolute Gasteiger partial charge is 0.251 e. The van der Waals surface area contributed by atoms with Gasteiger partial charge >= 0.3 is 0 Å². The Labute approximate surface area is 135 Å². The lowest BCUT2D eigenvalue weighted by Crippen LogP contribution is -2.55. The first kappa shape index (κ1) is 16.5. The van der Waals surface area contributed by atoms with Gasteiger partial charge in [-0.1, -0.05) is 22.0 Å². The molecule has 0 unspecified atom stereocenters. The number of carbonyl (C=O) groups is 1. The molecule has 1 aliphatic heterocycles. The summed E-state index contributed by atoms with van der Waals surface area (Å²) in [6.45, 7) is 10.3. The van der Waals surface area contributed by atoms with Crippen molar-refractivity contribution in [1.29, 1.82) is 0 Å². The van der Waals surface area contributed by atoms with Gasteiger partial charge < -0.3 is 10.1 Å². The number of halogens is 1. The van der Waals surface area contributed by atoms with Crippen molar-refractivity contribution in [3.63, 3.8) is 0 Å². The van der Waals surface area contributed by atoms with Gasteiger partial charge in [0.1, 0.15) is 0 Å². The predicted octanol–water partition coefficient (Wildman–Crippen LogP) is 2.60. The van der Waals surface area contributed by atoms with Gasteiger partial charge in [-0.15, -0.1) is 0 Å². The molecule has 1 amide bonds. The van der Waals surface area contributed by atoms with Crippen LogP contribution in [0, 0.1) is 6.92 Å². The number of nitrogens with zero attached hydrogens (tertiary/aromatic N) is 1. The third-order valence-corrected chi connectivity index (χ3v) is 4.92. The highest BCUT2D eigenvalue weighted by Crippen LogP contribution is 2.20. The van der Waals surface area contributed by atoms with Crippen LogP contribution in [0.1, 0.15) is 29.8 Å². The van der Waals surface area contributed by atoms with Gasteiger partial charge in [-0.2, -0.15) is 0 Å². The number of rotatable bonds is 4. The molecule has 1 aromatic carbocycles. The van der Waals surface area contributed by atoms with E-state index < -0.39 is 0 Å². The van der Waals surface area contributed by atoms with Crippen LogP contribution in [0.4, 0.5) is 0 Å². The fourth-order valence-corrected chi connectivity index (χ4v) is 2.89. The number of hydrogen-bond acceptors (Lipinski definition) is 3. The van der Waals surface area contributed by atoms with E-state index >= 15 is 0 Å². The monoisotopic (exact) mass is 354 g/mol. The first-order valence-corrected chi connectivity index (χ1v) is 8.07. The van der Waals surface area contributed by atoms with Gasteiger partial charge in [-0.05, 0) is 38.5 Å². The van der Waals surface area contributed by atoms with Crippen LogP contribution in [0.25, 0.3) is 0 Å². The minimum absolute atomic E-state index is 0.0184. The maximum absolute atomic E-state index is 12.4. The summed E-state index contributed by atoms with van der Waals surface area (Å²) >= 11 is 3.47. The van der Waals surface area contributed by atoms with Gasteiger partial charge in [0.25, 0.3) is 5.91 Å². The molecule has 1 fully saturated rings. The molecular weight excluding hydrogens is 332 g/mol. The van der Waals surface area contributed by atoms with Crippen LogP contribution in [0.2, 0.25) is 0 Å². The molecule has 1 saturated heterocycles. The van der Waals surface area contributed by atoms with Crippen molar-refractivity contribution in [2.24, 2.45) is 0 Å². The van der Waals surface area contributed by atoms with Gasteiger partial charge in [0, 0.05) is 35.2 Å². The molecule has 1 aromatic rings. The highest BCUT2D eigenvalue weighted by atomic mass is 79.9. The molecule has 0 radical (unpaired) electrons. The lowest BCUT2D eigenvalue weighted by Gasteiger charge is -2.40. The number of ether oxygens (including phenoxy) is 1. The van der Waals surface area contributed by atoms with E-state index in [1.165, 1.54) is 0 Å². The zero-order valence-electron chi connectivity index (χ0n) is 12.9. The van der Waals surface area contributed by atoms with E-state index in [9.17, 15) is 4.79 Å². The van der Waals surface area contributed by atoms with E-state index in [-0.39, 0.29) is 11.4 Å². The highest BCUT2D eigenvalue weighted by Gasteiger charge is 2.28. The quantitative estimate of drug-likeness (QED) is 0.903. The molecule has 0 aliphatic carbocycles. The highest BCUT2D eigenvalue weighted by molar-refractivity contribution is 9.10. The third kappa shape index (κ3) is 4.05. The largest absolute Gasteiger partial charge is 0.379 e. The minimum Gasteiger partial charge on any atom is -0.379 e. The van der Waals surface area contributed by atoms with Crippen molar-refractivity contribution in [3.05, 3.63) is 33.8 Å². The maximum Gasteiger partial charge on any atom is 0.251 e. The van der Waals surface area contributed by atoms with E-state index in [1.54, 1.807) is 0 Å². The van der Waals surface area contributed by atoms with Crippen LogP contribution in [-0.2, 0) is 4.74 Å². The van der Waals surface area contributed by atoms with E-state index in [1.807, 2.05) is 25.1 Å². The number of morpholine rings is 1. The molecular formula is C16H23BrN2O2. The normalized spacial score (nSPS) is 16.8. The second-order valence-electron chi connectivity index (χ2n) is 6.01. The van der Waals surface area contributed by atoms with Crippen molar-refractivity contribution in [2.45, 2.75) is 26.3 Å². The second-order valence-corrected chi connectivity index (χ2v) is 6.86. The molecule has 0 saturated carbocycles. The summed E-state index contributed by atoms with van der Waals surface area (Å²) in [6.07, 6.45) is 0. The Bertz CT molecular complexity index is 511. The molecule has 0 atom stereocenters. The minimum atomic E-state index is -0.0701. The first-order chi connectivity index (χ1) is 9.92. The van der Waals surface area contributed by atoms with E-state index in [0.717, 1.165) is 41.9 Å². The van der Waals surface area contributed by atoms with Crippen LogP contribution in [-0.4, -0.2) is 49.2 Å². The SMILES string of the molecule is Cc1c(Br)cccc1C(=O)NCC(C)(C)N1CCOCC1. The van der Waals surface area contributed by atoms with Gasteiger partial charge in [-0.3, -0.25) is 9.69 Å². The second kappa shape index (κ2) is 6.90. The number of carbonyl (C=O) groups excluding carboxylic acids is 1. The predicted molar refractivity (Wildman–Crippen MR) is 87.7 cm³/mol. The van der Waals surface area contributed by atoms with Crippen molar-refractivity contribution in [1.82, 2.24) is 10.2 Å². The fraction of sp³-hybridized carbons (Fsp3) is 0.562. The van der Waals surface area contributed by atoms with Gasteiger partial charge in [0.15, 0.2) is 0 Å². The molecule has 21 heavy (non-hydrogen) atoms. The Morgan fingerprint density at radius 1 is 1.38 bits per heavy atom. The summed E-state index contributed by atoms with van der Waals surface area (Å²) < 4.78 is 6.35. The summed E-state index contributed by atoms with van der Waals surface area (Å²) in [5.74, 6) is -0.0184. The van der Waals surface area contributed by atoms with Crippen LogP contribution in [0.3, 0.4) is 0 Å². The molecule has 5 heteroatoms. The molecule has 4 nitrogen and oxygen atoms in total. The third-order valence-electron chi connectivity index (χ3n) is 4.06. The first-order valence-electron chi connectivity index (χ1n) is 7.28. The summed E-state index contributed by atoms with van der Waals surface area (Å²) in [5, 5.41) is 3.06. The van der Waals surface area contributed by atoms with Crippen molar-refractivity contribution in [3.8, 4) is 0 Å². The maximum atomic E-state index is 12.4. The Balaban J connectivity index is 1.98. The molecule has 0 spiro atoms. The van der Waals surface area contributed by atoms with Gasteiger partial charge in [0.2, 0.25) is 0 Å². The summed E-state index contributed by atoms with van der Waals surface area (Å²) in [6, 6.07) is 5.69. The average molecular weight is 355 g/mol. The average Bonchev–Trinajstić information content (AvgIpc) is 2.49. The number of amides is 1. The molecule has 1 N–H and O–H groups in total. The molecule has 116 valence electrons. The lowest BCUT2D eigenvalue weighted by molar-refractivity contribution is -0.00923. The van der Waals surface area contributed by atoms with Crippen LogP contribution < -0.4 is 5.32 Å². The molecule has 0 aromatic heterocycles. The van der Waals surface area contributed by atoms with Crippen molar-refractivity contribution < 1.29 is 9.53 Å². The topological polar surface area (TPSA) is 41.6 Å². The summed E-state index contributed by atoms with van der Waals surface area (Å²) in [4.78, 5) is 14.7. The summed E-state index contributed by atoms with van der Waals surface area (Å²) in [7, 11) is 0. The molecule has 1 aliphatic rings. The Morgan fingerprint density at radius 3 is 2.71 bits per heavy atom. The number of benzene rings is 1. The molecule has 0 bridgehead atoms. The fourth-order valence-electron chi connectivity index (χ4n) is 2.53. The zero-order valence-corrected chi connectivity index (χ0v) is 14.5. The van der Waals surface area contributed by atoms with Crippen molar-refractivity contribution in [2.75, 3.05) is 32.8 Å². The van der Waals surface area contributed by atoms with E-state index in [0.29, 0.717) is 6.54 Å². The Morgan fingerprint density at radius 2 is 2.05 bits per heavy atom. The van der Waals surface area contributed by atoms with E-state index in [2.05, 4.69) is 40.0 Å². The number of nitrogens with one attached hydrogen (secondary N) is 1. The Kier molecular flexibility index (Phi) is 5.41. The van der Waals surface area contributed by atoms with Crippen LogP contribution in [0.5, 0.6) is 0 Å².